The molecule has 116 valence electrons. The number of sulfonamides is 1. The number of benzene rings is 2. The Labute approximate surface area is 131 Å². The predicted molar refractivity (Wildman–Crippen MR) is 78.2 cm³/mol. The SMILES string of the molecule is O=C(Cl)CN(c1ccc(F)cc1)S(=O)(=O)c1ccc(F)cc1. The first-order chi connectivity index (χ1) is 10.3. The minimum Gasteiger partial charge on any atom is -0.279 e. The van der Waals surface area contributed by atoms with Crippen molar-refractivity contribution >= 4 is 32.6 Å². The molecule has 0 spiro atoms. The van der Waals surface area contributed by atoms with E-state index in [1.807, 2.05) is 0 Å². The first-order valence-corrected chi connectivity index (χ1v) is 7.85. The number of anilines is 1. The Morgan fingerprint density at radius 3 is 1.86 bits per heavy atom. The predicted octanol–water partition coefficient (Wildman–Crippen LogP) is 2.93. The van der Waals surface area contributed by atoms with Crippen molar-refractivity contribution in [1.29, 1.82) is 0 Å². The quantitative estimate of drug-likeness (QED) is 0.783. The van der Waals surface area contributed by atoms with Gasteiger partial charge in [-0.2, -0.15) is 0 Å². The van der Waals surface area contributed by atoms with Crippen LogP contribution in [0.5, 0.6) is 0 Å². The lowest BCUT2D eigenvalue weighted by Crippen LogP contribution is -2.34. The van der Waals surface area contributed by atoms with Crippen molar-refractivity contribution in [2.45, 2.75) is 4.90 Å². The van der Waals surface area contributed by atoms with Crippen LogP contribution in [0.15, 0.2) is 53.4 Å². The first kappa shape index (κ1) is 16.4. The van der Waals surface area contributed by atoms with Crippen LogP contribution in [0.3, 0.4) is 0 Å². The molecule has 0 fully saturated rings. The molecule has 4 nitrogen and oxygen atoms in total. The molecule has 2 aromatic carbocycles. The zero-order chi connectivity index (χ0) is 16.3. The van der Waals surface area contributed by atoms with Crippen LogP contribution in [0.1, 0.15) is 0 Å². The molecule has 8 heteroatoms. The summed E-state index contributed by atoms with van der Waals surface area (Å²) in [7, 11) is -4.14. The summed E-state index contributed by atoms with van der Waals surface area (Å²) < 4.78 is 51.8. The van der Waals surface area contributed by atoms with Crippen LogP contribution in [0.25, 0.3) is 0 Å². The highest BCUT2D eigenvalue weighted by Crippen LogP contribution is 2.24. The van der Waals surface area contributed by atoms with Crippen LogP contribution in [-0.4, -0.2) is 20.2 Å². The van der Waals surface area contributed by atoms with Gasteiger partial charge in [0.25, 0.3) is 10.0 Å². The first-order valence-electron chi connectivity index (χ1n) is 6.03. The highest BCUT2D eigenvalue weighted by Gasteiger charge is 2.26. The second-order valence-corrected chi connectivity index (χ2v) is 6.58. The Bertz CT molecular complexity index is 777. The van der Waals surface area contributed by atoms with Gasteiger partial charge in [0.1, 0.15) is 18.2 Å². The maximum absolute atomic E-state index is 13.0. The van der Waals surface area contributed by atoms with Gasteiger partial charge >= 0.3 is 0 Å². The van der Waals surface area contributed by atoms with Crippen LogP contribution in [0.2, 0.25) is 0 Å². The minimum absolute atomic E-state index is 0.0692. The molecule has 0 heterocycles. The molecule has 0 saturated carbocycles. The molecular formula is C14H10ClF2NO3S. The average Bonchev–Trinajstić information content (AvgIpc) is 2.46. The fourth-order valence-corrected chi connectivity index (χ4v) is 3.38. The number of rotatable bonds is 5. The molecule has 22 heavy (non-hydrogen) atoms. The van der Waals surface area contributed by atoms with Gasteiger partial charge in [0.05, 0.1) is 10.6 Å². The van der Waals surface area contributed by atoms with Gasteiger partial charge in [0.2, 0.25) is 5.24 Å². The summed E-state index contributed by atoms with van der Waals surface area (Å²) in [5.74, 6) is -1.15. The molecule has 2 rings (SSSR count). The number of hydrogen-bond donors (Lipinski definition) is 0. The third kappa shape index (κ3) is 3.61. The summed E-state index contributed by atoms with van der Waals surface area (Å²) in [6.07, 6.45) is 0. The van der Waals surface area contributed by atoms with Gasteiger partial charge in [-0.25, -0.2) is 17.2 Å². The standard InChI is InChI=1S/C14H10ClF2NO3S/c15-14(19)9-18(12-5-1-10(16)2-6-12)22(20,21)13-7-3-11(17)4-8-13/h1-8H,9H2. The largest absolute Gasteiger partial charge is 0.279 e. The van der Waals surface area contributed by atoms with Crippen molar-refractivity contribution in [1.82, 2.24) is 0 Å². The molecule has 0 unspecified atom stereocenters. The van der Waals surface area contributed by atoms with Gasteiger partial charge in [0.15, 0.2) is 0 Å². The van der Waals surface area contributed by atoms with Crippen molar-refractivity contribution in [3.63, 3.8) is 0 Å². The number of carbonyl (C=O) groups is 1. The highest BCUT2D eigenvalue weighted by molar-refractivity contribution is 7.92. The molecule has 0 saturated heterocycles. The smallest absolute Gasteiger partial charge is 0.264 e. The highest BCUT2D eigenvalue weighted by atomic mass is 35.5. The lowest BCUT2D eigenvalue weighted by molar-refractivity contribution is -0.110. The minimum atomic E-state index is -4.14. The van der Waals surface area contributed by atoms with Crippen LogP contribution in [-0.2, 0) is 14.8 Å². The second kappa shape index (κ2) is 6.41. The van der Waals surface area contributed by atoms with Crippen LogP contribution < -0.4 is 4.31 Å². The maximum Gasteiger partial charge on any atom is 0.264 e. The second-order valence-electron chi connectivity index (χ2n) is 4.30. The lowest BCUT2D eigenvalue weighted by atomic mass is 10.3. The van der Waals surface area contributed by atoms with Crippen LogP contribution in [0.4, 0.5) is 14.5 Å². The van der Waals surface area contributed by atoms with Crippen molar-refractivity contribution in [2.75, 3.05) is 10.8 Å². The number of halogens is 3. The van der Waals surface area contributed by atoms with Crippen molar-refractivity contribution in [3.05, 3.63) is 60.2 Å². The zero-order valence-electron chi connectivity index (χ0n) is 11.0. The lowest BCUT2D eigenvalue weighted by Gasteiger charge is -2.22. The van der Waals surface area contributed by atoms with E-state index in [1.54, 1.807) is 0 Å². The van der Waals surface area contributed by atoms with E-state index < -0.39 is 33.4 Å². The molecule has 0 atom stereocenters. The number of nitrogens with zero attached hydrogens (tertiary/aromatic N) is 1. The summed E-state index contributed by atoms with van der Waals surface area (Å²) in [6, 6.07) is 8.63. The Morgan fingerprint density at radius 2 is 1.41 bits per heavy atom. The van der Waals surface area contributed by atoms with Crippen LogP contribution in [0, 0.1) is 11.6 Å². The fraction of sp³-hybridized carbons (Fsp3) is 0.0714. The summed E-state index contributed by atoms with van der Waals surface area (Å²) >= 11 is 5.29. The van der Waals surface area contributed by atoms with E-state index in [0.29, 0.717) is 0 Å². The number of hydrogen-bond acceptors (Lipinski definition) is 3. The van der Waals surface area contributed by atoms with Crippen molar-refractivity contribution in [2.24, 2.45) is 0 Å². The third-order valence-electron chi connectivity index (χ3n) is 2.78. The normalized spacial score (nSPS) is 11.2. The van der Waals surface area contributed by atoms with Gasteiger partial charge in [-0.15, -0.1) is 0 Å². The van der Waals surface area contributed by atoms with Gasteiger partial charge in [-0.1, -0.05) is 0 Å². The van der Waals surface area contributed by atoms with E-state index in [1.165, 1.54) is 12.1 Å². The Balaban J connectivity index is 2.50. The Hall–Kier alpha value is -1.99. The summed E-state index contributed by atoms with van der Waals surface area (Å²) in [6.45, 7) is -0.632. The molecule has 0 bridgehead atoms. The van der Waals surface area contributed by atoms with Crippen LogP contribution >= 0.6 is 11.6 Å². The van der Waals surface area contributed by atoms with E-state index in [2.05, 4.69) is 0 Å². The molecule has 0 aliphatic rings. The summed E-state index contributed by atoms with van der Waals surface area (Å²) in [5.41, 5.74) is 0.0692. The average molecular weight is 346 g/mol. The number of carbonyl (C=O) groups excluding carboxylic acids is 1. The Kier molecular flexibility index (Phi) is 4.77. The molecule has 0 N–H and O–H groups in total. The van der Waals surface area contributed by atoms with E-state index in [4.69, 9.17) is 11.6 Å². The molecular weight excluding hydrogens is 336 g/mol. The molecule has 0 aliphatic heterocycles. The van der Waals surface area contributed by atoms with Gasteiger partial charge in [-0.3, -0.25) is 9.10 Å². The Morgan fingerprint density at radius 1 is 0.955 bits per heavy atom. The summed E-state index contributed by atoms with van der Waals surface area (Å²) in [4.78, 5) is 10.9. The van der Waals surface area contributed by atoms with E-state index in [-0.39, 0.29) is 10.6 Å². The topological polar surface area (TPSA) is 54.5 Å². The van der Waals surface area contributed by atoms with E-state index in [9.17, 15) is 22.0 Å². The zero-order valence-corrected chi connectivity index (χ0v) is 12.6. The third-order valence-corrected chi connectivity index (χ3v) is 4.69. The molecule has 0 aromatic heterocycles. The molecule has 0 aliphatic carbocycles. The van der Waals surface area contributed by atoms with E-state index in [0.717, 1.165) is 40.7 Å². The fourth-order valence-electron chi connectivity index (χ4n) is 1.77. The van der Waals surface area contributed by atoms with E-state index >= 15 is 0 Å². The van der Waals surface area contributed by atoms with Crippen molar-refractivity contribution < 1.29 is 22.0 Å². The van der Waals surface area contributed by atoms with Crippen molar-refractivity contribution in [3.8, 4) is 0 Å². The monoisotopic (exact) mass is 345 g/mol. The maximum atomic E-state index is 13.0. The molecule has 0 amide bonds. The molecule has 0 radical (unpaired) electrons. The van der Waals surface area contributed by atoms with Gasteiger partial charge in [0, 0.05) is 0 Å². The molecule has 2 aromatic rings. The van der Waals surface area contributed by atoms with Gasteiger partial charge < -0.3 is 0 Å². The van der Waals surface area contributed by atoms with Gasteiger partial charge in [-0.05, 0) is 60.1 Å². The summed E-state index contributed by atoms with van der Waals surface area (Å²) in [5, 5.41) is -0.907.